The minimum Gasteiger partial charge on any atom is -0.393 e. The van der Waals surface area contributed by atoms with E-state index in [2.05, 4.69) is 15.3 Å². The summed E-state index contributed by atoms with van der Waals surface area (Å²) in [4.78, 5) is 20.0. The Morgan fingerprint density at radius 1 is 1.07 bits per heavy atom. The molecule has 3 N–H and O–H groups in total. The molecule has 27 heavy (non-hydrogen) atoms. The molecule has 1 aliphatic rings. The van der Waals surface area contributed by atoms with E-state index in [0.717, 1.165) is 37.1 Å². The molecule has 0 saturated heterocycles. The highest BCUT2D eigenvalue weighted by atomic mass is 32.2. The van der Waals surface area contributed by atoms with E-state index in [4.69, 9.17) is 0 Å². The van der Waals surface area contributed by atoms with Crippen LogP contribution in [0.1, 0.15) is 31.5 Å². The maximum Gasteiger partial charge on any atom is 0.258 e. The molecular formula is C21H23N3O2S. The molecule has 0 amide bonds. The summed E-state index contributed by atoms with van der Waals surface area (Å²) >= 11 is 1.82. The lowest BCUT2D eigenvalue weighted by Gasteiger charge is -2.24. The molecule has 0 spiro atoms. The number of benzene rings is 2. The fourth-order valence-corrected chi connectivity index (χ4v) is 4.57. The van der Waals surface area contributed by atoms with E-state index >= 15 is 0 Å². The van der Waals surface area contributed by atoms with Crippen LogP contribution in [-0.4, -0.2) is 26.4 Å². The number of hydrogen-bond acceptors (Lipinski definition) is 5. The SMILES string of the molecule is O=c1[nH]c(CS[C@H]2CC[C@@H](O)CC2)nc2cc(Nc3ccccc3)ccc12. The Labute approximate surface area is 162 Å². The normalized spacial score (nSPS) is 19.9. The highest BCUT2D eigenvalue weighted by molar-refractivity contribution is 7.99. The van der Waals surface area contributed by atoms with Crippen LogP contribution in [0.2, 0.25) is 0 Å². The standard InChI is InChI=1S/C21H23N3O2S/c25-16-7-9-17(10-8-16)27-13-20-23-19-12-15(6-11-18(19)21(26)24-20)22-14-4-2-1-3-5-14/h1-6,11-12,16-17,22,25H,7-10,13H2,(H,23,24,26)/t16-,17+. The number of aromatic amines is 1. The molecule has 1 aromatic heterocycles. The molecule has 1 saturated carbocycles. The molecule has 1 fully saturated rings. The fourth-order valence-electron chi connectivity index (χ4n) is 3.43. The Balaban J connectivity index is 1.51. The van der Waals surface area contributed by atoms with Gasteiger partial charge in [0, 0.05) is 16.6 Å². The van der Waals surface area contributed by atoms with E-state index in [1.165, 1.54) is 0 Å². The van der Waals surface area contributed by atoms with Crippen molar-refractivity contribution in [3.05, 3.63) is 64.7 Å². The number of rotatable bonds is 5. The van der Waals surface area contributed by atoms with Gasteiger partial charge in [-0.2, -0.15) is 11.8 Å². The summed E-state index contributed by atoms with van der Waals surface area (Å²) in [6.07, 6.45) is 3.64. The molecule has 1 heterocycles. The number of H-pyrrole nitrogens is 1. The van der Waals surface area contributed by atoms with E-state index < -0.39 is 0 Å². The minimum absolute atomic E-state index is 0.0964. The van der Waals surface area contributed by atoms with Gasteiger partial charge >= 0.3 is 0 Å². The highest BCUT2D eigenvalue weighted by Crippen LogP contribution is 2.30. The molecule has 0 aliphatic heterocycles. The van der Waals surface area contributed by atoms with Gasteiger partial charge in [0.2, 0.25) is 0 Å². The van der Waals surface area contributed by atoms with Crippen molar-refractivity contribution in [1.82, 2.24) is 9.97 Å². The maximum absolute atomic E-state index is 12.4. The topological polar surface area (TPSA) is 78.0 Å². The predicted octanol–water partition coefficient (Wildman–Crippen LogP) is 4.20. The first-order chi connectivity index (χ1) is 13.2. The third-order valence-corrected chi connectivity index (χ3v) is 6.30. The van der Waals surface area contributed by atoms with Gasteiger partial charge in [0.15, 0.2) is 0 Å². The average molecular weight is 382 g/mol. The van der Waals surface area contributed by atoms with Gasteiger partial charge in [-0.05, 0) is 56.0 Å². The zero-order chi connectivity index (χ0) is 18.6. The van der Waals surface area contributed by atoms with E-state index in [9.17, 15) is 9.90 Å². The summed E-state index contributed by atoms with van der Waals surface area (Å²) in [6.45, 7) is 0. The van der Waals surface area contributed by atoms with Crippen molar-refractivity contribution in [1.29, 1.82) is 0 Å². The fraction of sp³-hybridized carbons (Fsp3) is 0.333. The molecule has 140 valence electrons. The van der Waals surface area contributed by atoms with Crippen molar-refractivity contribution in [3.63, 3.8) is 0 Å². The summed E-state index contributed by atoms with van der Waals surface area (Å²) in [6, 6.07) is 15.6. The Hall–Kier alpha value is -2.31. The molecule has 0 unspecified atom stereocenters. The molecule has 3 aromatic rings. The lowest BCUT2D eigenvalue weighted by Crippen LogP contribution is -2.20. The largest absolute Gasteiger partial charge is 0.393 e. The van der Waals surface area contributed by atoms with Crippen molar-refractivity contribution in [3.8, 4) is 0 Å². The number of para-hydroxylation sites is 1. The number of nitrogens with zero attached hydrogens (tertiary/aromatic N) is 1. The number of thioether (sulfide) groups is 1. The van der Waals surface area contributed by atoms with Gasteiger partial charge in [-0.1, -0.05) is 18.2 Å². The first kappa shape index (κ1) is 18.1. The molecule has 0 bridgehead atoms. The third-order valence-electron chi connectivity index (χ3n) is 4.92. The van der Waals surface area contributed by atoms with Crippen LogP contribution in [0.5, 0.6) is 0 Å². The van der Waals surface area contributed by atoms with E-state index in [0.29, 0.717) is 27.7 Å². The van der Waals surface area contributed by atoms with Gasteiger partial charge in [-0.3, -0.25) is 4.79 Å². The Morgan fingerprint density at radius 3 is 2.63 bits per heavy atom. The van der Waals surface area contributed by atoms with Gasteiger partial charge in [0.25, 0.3) is 5.56 Å². The molecule has 1 aliphatic carbocycles. The smallest absolute Gasteiger partial charge is 0.258 e. The van der Waals surface area contributed by atoms with Crippen LogP contribution >= 0.6 is 11.8 Å². The molecule has 4 rings (SSSR count). The number of fused-ring (bicyclic) bond motifs is 1. The van der Waals surface area contributed by atoms with Gasteiger partial charge < -0.3 is 15.4 Å². The summed E-state index contributed by atoms with van der Waals surface area (Å²) < 4.78 is 0. The van der Waals surface area contributed by atoms with E-state index in [1.54, 1.807) is 0 Å². The molecule has 5 nitrogen and oxygen atoms in total. The second-order valence-corrected chi connectivity index (χ2v) is 8.27. The van der Waals surface area contributed by atoms with Crippen LogP contribution in [0.15, 0.2) is 53.3 Å². The Bertz CT molecular complexity index is 966. The molecule has 2 aromatic carbocycles. The van der Waals surface area contributed by atoms with E-state index in [1.807, 2.05) is 60.3 Å². The number of hydrogen-bond donors (Lipinski definition) is 3. The van der Waals surface area contributed by atoms with Gasteiger partial charge in [-0.25, -0.2) is 4.98 Å². The van der Waals surface area contributed by atoms with Gasteiger partial charge in [0.05, 0.1) is 22.8 Å². The number of aliphatic hydroxyl groups excluding tert-OH is 1. The molecule has 6 heteroatoms. The molecule has 0 radical (unpaired) electrons. The molecule has 0 atom stereocenters. The number of aromatic nitrogens is 2. The van der Waals surface area contributed by atoms with Crippen molar-refractivity contribution >= 4 is 34.0 Å². The van der Waals surface area contributed by atoms with Crippen LogP contribution in [-0.2, 0) is 5.75 Å². The Morgan fingerprint density at radius 2 is 1.85 bits per heavy atom. The second kappa shape index (κ2) is 8.15. The van der Waals surface area contributed by atoms with Crippen molar-refractivity contribution < 1.29 is 5.11 Å². The average Bonchev–Trinajstić information content (AvgIpc) is 2.68. The summed E-state index contributed by atoms with van der Waals surface area (Å²) in [5, 5.41) is 14.1. The monoisotopic (exact) mass is 381 g/mol. The quantitative estimate of drug-likeness (QED) is 0.617. The van der Waals surface area contributed by atoms with Crippen LogP contribution in [0.4, 0.5) is 11.4 Å². The third kappa shape index (κ3) is 4.51. The predicted molar refractivity (Wildman–Crippen MR) is 112 cm³/mol. The van der Waals surface area contributed by atoms with E-state index in [-0.39, 0.29) is 11.7 Å². The summed E-state index contributed by atoms with van der Waals surface area (Å²) in [5.41, 5.74) is 2.51. The maximum atomic E-state index is 12.4. The highest BCUT2D eigenvalue weighted by Gasteiger charge is 2.20. The zero-order valence-corrected chi connectivity index (χ0v) is 15.8. The van der Waals surface area contributed by atoms with Gasteiger partial charge in [-0.15, -0.1) is 0 Å². The van der Waals surface area contributed by atoms with Crippen LogP contribution in [0.3, 0.4) is 0 Å². The van der Waals surface area contributed by atoms with Crippen molar-refractivity contribution in [2.75, 3.05) is 5.32 Å². The number of aliphatic hydroxyl groups is 1. The summed E-state index contributed by atoms with van der Waals surface area (Å²) in [5.74, 6) is 1.39. The van der Waals surface area contributed by atoms with Crippen molar-refractivity contribution in [2.24, 2.45) is 0 Å². The first-order valence-corrected chi connectivity index (χ1v) is 10.4. The molecular weight excluding hydrogens is 358 g/mol. The number of nitrogens with one attached hydrogen (secondary N) is 2. The first-order valence-electron chi connectivity index (χ1n) is 9.32. The lowest BCUT2D eigenvalue weighted by atomic mass is 9.97. The second-order valence-electron chi connectivity index (χ2n) is 6.98. The van der Waals surface area contributed by atoms with Crippen LogP contribution in [0, 0.1) is 0 Å². The summed E-state index contributed by atoms with van der Waals surface area (Å²) in [7, 11) is 0. The van der Waals surface area contributed by atoms with Gasteiger partial charge in [0.1, 0.15) is 5.82 Å². The lowest BCUT2D eigenvalue weighted by molar-refractivity contribution is 0.132. The minimum atomic E-state index is -0.143. The van der Waals surface area contributed by atoms with Crippen LogP contribution in [0.25, 0.3) is 10.9 Å². The van der Waals surface area contributed by atoms with Crippen LogP contribution < -0.4 is 10.9 Å². The van der Waals surface area contributed by atoms with Crippen molar-refractivity contribution in [2.45, 2.75) is 42.8 Å². The zero-order valence-electron chi connectivity index (χ0n) is 15.0. The Kier molecular flexibility index (Phi) is 5.45. The number of anilines is 2.